The van der Waals surface area contributed by atoms with Crippen molar-refractivity contribution in [2.75, 3.05) is 0 Å². The van der Waals surface area contributed by atoms with Crippen LogP contribution in [0.5, 0.6) is 0 Å². The van der Waals surface area contributed by atoms with E-state index in [-0.39, 0.29) is 5.91 Å². The zero-order valence-corrected chi connectivity index (χ0v) is 11.2. The summed E-state index contributed by atoms with van der Waals surface area (Å²) in [6, 6.07) is 0. The van der Waals surface area contributed by atoms with Gasteiger partial charge in [0, 0.05) is 6.42 Å². The molecule has 0 spiro atoms. The summed E-state index contributed by atoms with van der Waals surface area (Å²) in [6.45, 7) is 5.16. The van der Waals surface area contributed by atoms with Crippen molar-refractivity contribution in [3.8, 4) is 0 Å². The van der Waals surface area contributed by atoms with Crippen LogP contribution in [0.15, 0.2) is 0 Å². The number of hydrogen-bond donors (Lipinski definition) is 2. The molecule has 0 aliphatic carbocycles. The van der Waals surface area contributed by atoms with Gasteiger partial charge in [-0.05, 0) is 20.3 Å². The molecule has 0 aromatic rings. The highest BCUT2D eigenvalue weighted by Gasteiger charge is 2.28. The molecule has 1 amide bonds. The average Bonchev–Trinajstić information content (AvgIpc) is 2.22. The second kappa shape index (κ2) is 8.09. The predicted molar refractivity (Wildman–Crippen MR) is 67.9 cm³/mol. The van der Waals surface area contributed by atoms with Gasteiger partial charge < -0.3 is 10.4 Å². The number of carboxylic acid groups (broad SMARTS) is 1. The molecule has 0 unspecified atom stereocenters. The fraction of sp³-hybridized carbons (Fsp3) is 0.846. The number of unbranched alkanes of at least 4 members (excludes halogenated alkanes) is 5. The van der Waals surface area contributed by atoms with Crippen LogP contribution in [0.2, 0.25) is 0 Å². The van der Waals surface area contributed by atoms with Crippen molar-refractivity contribution in [3.05, 3.63) is 0 Å². The zero-order valence-electron chi connectivity index (χ0n) is 11.2. The third kappa shape index (κ3) is 7.77. The minimum atomic E-state index is -1.17. The zero-order chi connectivity index (χ0) is 13.3. The third-order valence-electron chi connectivity index (χ3n) is 2.74. The summed E-state index contributed by atoms with van der Waals surface area (Å²) >= 11 is 0. The predicted octanol–water partition coefficient (Wildman–Crippen LogP) is 2.72. The maximum Gasteiger partial charge on any atom is 0.328 e. The van der Waals surface area contributed by atoms with Gasteiger partial charge in [-0.1, -0.05) is 39.0 Å². The second-order valence-corrected chi connectivity index (χ2v) is 5.00. The van der Waals surface area contributed by atoms with Gasteiger partial charge >= 0.3 is 5.97 Å². The standard InChI is InChI=1S/C13H25NO3/c1-4-5-6-7-8-9-10-11(15)14-13(2,3)12(16)17/h4-10H2,1-3H3,(H,14,15)(H,16,17). The van der Waals surface area contributed by atoms with E-state index in [4.69, 9.17) is 5.11 Å². The Kier molecular flexibility index (Phi) is 7.59. The minimum Gasteiger partial charge on any atom is -0.480 e. The SMILES string of the molecule is CCCCCCCCC(=O)NC(C)(C)C(=O)O. The van der Waals surface area contributed by atoms with Crippen molar-refractivity contribution in [2.24, 2.45) is 0 Å². The highest BCUT2D eigenvalue weighted by Crippen LogP contribution is 2.08. The molecule has 0 fully saturated rings. The van der Waals surface area contributed by atoms with Gasteiger partial charge in [0.2, 0.25) is 5.91 Å². The molecule has 0 saturated heterocycles. The molecule has 0 bridgehead atoms. The van der Waals surface area contributed by atoms with E-state index < -0.39 is 11.5 Å². The number of hydrogen-bond acceptors (Lipinski definition) is 2. The number of carbonyl (C=O) groups is 2. The maximum atomic E-state index is 11.5. The smallest absolute Gasteiger partial charge is 0.328 e. The van der Waals surface area contributed by atoms with E-state index in [2.05, 4.69) is 12.2 Å². The van der Waals surface area contributed by atoms with Crippen LogP contribution in [0, 0.1) is 0 Å². The van der Waals surface area contributed by atoms with Crippen molar-refractivity contribution in [1.82, 2.24) is 5.32 Å². The number of carboxylic acids is 1. The molecule has 0 aromatic carbocycles. The Morgan fingerprint density at radius 3 is 2.12 bits per heavy atom. The number of nitrogens with one attached hydrogen (secondary N) is 1. The largest absolute Gasteiger partial charge is 0.480 e. The van der Waals surface area contributed by atoms with Crippen molar-refractivity contribution in [3.63, 3.8) is 0 Å². The summed E-state index contributed by atoms with van der Waals surface area (Å²) in [5, 5.41) is 11.4. The molecule has 4 heteroatoms. The molecule has 0 radical (unpaired) electrons. The van der Waals surface area contributed by atoms with E-state index in [0.29, 0.717) is 6.42 Å². The van der Waals surface area contributed by atoms with Gasteiger partial charge in [-0.15, -0.1) is 0 Å². The van der Waals surface area contributed by atoms with Crippen LogP contribution in [0.1, 0.15) is 65.7 Å². The molecule has 0 aliphatic heterocycles. The number of rotatable bonds is 9. The first-order valence-corrected chi connectivity index (χ1v) is 6.44. The summed E-state index contributed by atoms with van der Waals surface area (Å²) in [7, 11) is 0. The number of aliphatic carboxylic acids is 1. The summed E-state index contributed by atoms with van der Waals surface area (Å²) in [5.74, 6) is -1.18. The third-order valence-corrected chi connectivity index (χ3v) is 2.74. The van der Waals surface area contributed by atoms with Gasteiger partial charge in [-0.2, -0.15) is 0 Å². The van der Waals surface area contributed by atoms with Crippen molar-refractivity contribution >= 4 is 11.9 Å². The fourth-order valence-corrected chi connectivity index (χ4v) is 1.53. The van der Waals surface area contributed by atoms with Crippen LogP contribution in [0.3, 0.4) is 0 Å². The topological polar surface area (TPSA) is 66.4 Å². The minimum absolute atomic E-state index is 0.173. The van der Waals surface area contributed by atoms with Crippen LogP contribution >= 0.6 is 0 Å². The molecule has 0 aromatic heterocycles. The Morgan fingerprint density at radius 2 is 1.59 bits per heavy atom. The molecule has 100 valence electrons. The lowest BCUT2D eigenvalue weighted by atomic mass is 10.1. The van der Waals surface area contributed by atoms with E-state index in [9.17, 15) is 9.59 Å². The molecule has 0 aliphatic rings. The highest BCUT2D eigenvalue weighted by atomic mass is 16.4. The summed E-state index contributed by atoms with van der Waals surface area (Å²) in [6.07, 6.45) is 7.14. The van der Waals surface area contributed by atoms with Crippen LogP contribution in [-0.2, 0) is 9.59 Å². The molecule has 0 heterocycles. The lowest BCUT2D eigenvalue weighted by Gasteiger charge is -2.20. The maximum absolute atomic E-state index is 11.5. The number of carbonyl (C=O) groups excluding carboxylic acids is 1. The highest BCUT2D eigenvalue weighted by molar-refractivity contribution is 5.86. The van der Waals surface area contributed by atoms with Crippen molar-refractivity contribution in [2.45, 2.75) is 71.3 Å². The summed E-state index contributed by atoms with van der Waals surface area (Å²) in [5.41, 5.74) is -1.17. The monoisotopic (exact) mass is 243 g/mol. The molecule has 4 nitrogen and oxygen atoms in total. The number of amides is 1. The van der Waals surface area contributed by atoms with Gasteiger partial charge in [-0.3, -0.25) is 4.79 Å². The molecule has 0 rings (SSSR count). The Balaban J connectivity index is 3.63. The van der Waals surface area contributed by atoms with Crippen molar-refractivity contribution in [1.29, 1.82) is 0 Å². The van der Waals surface area contributed by atoms with Crippen LogP contribution in [-0.4, -0.2) is 22.5 Å². The van der Waals surface area contributed by atoms with E-state index in [0.717, 1.165) is 19.3 Å². The van der Waals surface area contributed by atoms with E-state index in [1.54, 1.807) is 0 Å². The second-order valence-electron chi connectivity index (χ2n) is 5.00. The van der Waals surface area contributed by atoms with E-state index in [1.165, 1.54) is 33.1 Å². The summed E-state index contributed by atoms with van der Waals surface area (Å²) in [4.78, 5) is 22.3. The fourth-order valence-electron chi connectivity index (χ4n) is 1.53. The van der Waals surface area contributed by atoms with Crippen molar-refractivity contribution < 1.29 is 14.7 Å². The van der Waals surface area contributed by atoms with Crippen LogP contribution in [0.4, 0.5) is 0 Å². The van der Waals surface area contributed by atoms with Crippen LogP contribution in [0.25, 0.3) is 0 Å². The molecular formula is C13H25NO3. The van der Waals surface area contributed by atoms with Gasteiger partial charge in [0.15, 0.2) is 0 Å². The first-order chi connectivity index (χ1) is 7.90. The first kappa shape index (κ1) is 15.9. The summed E-state index contributed by atoms with van der Waals surface area (Å²) < 4.78 is 0. The lowest BCUT2D eigenvalue weighted by Crippen LogP contribution is -2.49. The Labute approximate surface area is 104 Å². The molecule has 2 N–H and O–H groups in total. The van der Waals surface area contributed by atoms with E-state index in [1.807, 2.05) is 0 Å². The normalized spacial score (nSPS) is 11.2. The van der Waals surface area contributed by atoms with Gasteiger partial charge in [-0.25, -0.2) is 4.79 Å². The molecular weight excluding hydrogens is 218 g/mol. The Morgan fingerprint density at radius 1 is 1.06 bits per heavy atom. The van der Waals surface area contributed by atoms with Gasteiger partial charge in [0.25, 0.3) is 0 Å². The van der Waals surface area contributed by atoms with E-state index >= 15 is 0 Å². The molecule has 17 heavy (non-hydrogen) atoms. The average molecular weight is 243 g/mol. The first-order valence-electron chi connectivity index (χ1n) is 6.44. The van der Waals surface area contributed by atoms with Gasteiger partial charge in [0.1, 0.15) is 5.54 Å². The van der Waals surface area contributed by atoms with Gasteiger partial charge in [0.05, 0.1) is 0 Å². The quantitative estimate of drug-likeness (QED) is 0.612. The Hall–Kier alpha value is -1.06. The Bertz CT molecular complexity index is 249. The van der Waals surface area contributed by atoms with Crippen LogP contribution < -0.4 is 5.32 Å². The molecule has 0 saturated carbocycles. The lowest BCUT2D eigenvalue weighted by molar-refractivity contribution is -0.146. The molecule has 0 atom stereocenters.